The van der Waals surface area contributed by atoms with Crippen LogP contribution in [0.25, 0.3) is 0 Å². The van der Waals surface area contributed by atoms with E-state index < -0.39 is 33.6 Å². The summed E-state index contributed by atoms with van der Waals surface area (Å²) in [5, 5.41) is 2.62. The highest BCUT2D eigenvalue weighted by Crippen LogP contribution is 2.24. The second-order valence-corrected chi connectivity index (χ2v) is 8.98. The predicted molar refractivity (Wildman–Crippen MR) is 119 cm³/mol. The first kappa shape index (κ1) is 23.2. The second kappa shape index (κ2) is 9.78. The van der Waals surface area contributed by atoms with Gasteiger partial charge in [0.25, 0.3) is 0 Å². The van der Waals surface area contributed by atoms with E-state index in [0.717, 1.165) is 34.3 Å². The highest BCUT2D eigenvalue weighted by Gasteiger charge is 2.29. The van der Waals surface area contributed by atoms with Crippen molar-refractivity contribution in [1.82, 2.24) is 0 Å². The molecule has 0 spiro atoms. The van der Waals surface area contributed by atoms with Gasteiger partial charge in [0.2, 0.25) is 15.9 Å². The molecule has 9 heteroatoms. The largest absolute Gasteiger partial charge is 0.489 e. The molecule has 0 heterocycles. The Bertz CT molecular complexity index is 1190. The topological polar surface area (TPSA) is 75.7 Å². The lowest BCUT2D eigenvalue weighted by molar-refractivity contribution is -0.116. The number of rotatable bonds is 8. The Hall–Kier alpha value is -3.46. The summed E-state index contributed by atoms with van der Waals surface area (Å²) in [7, 11) is -3.96. The van der Waals surface area contributed by atoms with Crippen molar-refractivity contribution in [3.8, 4) is 5.75 Å². The van der Waals surface area contributed by atoms with E-state index in [0.29, 0.717) is 18.0 Å². The third kappa shape index (κ3) is 5.82. The fourth-order valence-electron chi connectivity index (χ4n) is 3.05. The second-order valence-electron chi connectivity index (χ2n) is 7.12. The number of carbonyl (C=O) groups is 1. The SMILES string of the molecule is CC(C(=O)Nc1ccc(OCc2ccccc2)cc1)N(c1ccc(F)c(F)c1)S(C)(=O)=O. The molecule has 1 N–H and O–H groups in total. The van der Waals surface area contributed by atoms with Gasteiger partial charge in [0.15, 0.2) is 11.6 Å². The molecule has 0 saturated carbocycles. The summed E-state index contributed by atoms with van der Waals surface area (Å²) < 4.78 is 57.9. The number of hydrogen-bond acceptors (Lipinski definition) is 4. The first-order valence-electron chi connectivity index (χ1n) is 9.67. The highest BCUT2D eigenvalue weighted by atomic mass is 32.2. The summed E-state index contributed by atoms with van der Waals surface area (Å²) in [6.45, 7) is 1.75. The van der Waals surface area contributed by atoms with Gasteiger partial charge in [-0.05, 0) is 48.9 Å². The minimum Gasteiger partial charge on any atom is -0.489 e. The number of carbonyl (C=O) groups excluding carboxylic acids is 1. The van der Waals surface area contributed by atoms with Gasteiger partial charge < -0.3 is 10.1 Å². The minimum absolute atomic E-state index is 0.154. The van der Waals surface area contributed by atoms with Crippen LogP contribution in [0.4, 0.5) is 20.2 Å². The lowest BCUT2D eigenvalue weighted by Crippen LogP contribution is -2.45. The van der Waals surface area contributed by atoms with Crippen LogP contribution in [0.1, 0.15) is 12.5 Å². The Morgan fingerprint density at radius 2 is 1.66 bits per heavy atom. The van der Waals surface area contributed by atoms with Crippen LogP contribution >= 0.6 is 0 Å². The van der Waals surface area contributed by atoms with Crippen molar-refractivity contribution in [3.05, 3.63) is 90.0 Å². The van der Waals surface area contributed by atoms with E-state index in [1.54, 1.807) is 24.3 Å². The molecule has 168 valence electrons. The lowest BCUT2D eigenvalue weighted by Gasteiger charge is -2.28. The fraction of sp³-hybridized carbons (Fsp3) is 0.174. The number of nitrogens with zero attached hydrogens (tertiary/aromatic N) is 1. The monoisotopic (exact) mass is 460 g/mol. The maximum atomic E-state index is 13.6. The molecule has 1 amide bonds. The first-order valence-corrected chi connectivity index (χ1v) is 11.5. The molecule has 3 rings (SSSR count). The van der Waals surface area contributed by atoms with E-state index in [4.69, 9.17) is 4.74 Å². The number of anilines is 2. The highest BCUT2D eigenvalue weighted by molar-refractivity contribution is 7.92. The van der Waals surface area contributed by atoms with Crippen molar-refractivity contribution in [2.45, 2.75) is 19.6 Å². The van der Waals surface area contributed by atoms with Crippen LogP contribution in [0.15, 0.2) is 72.8 Å². The Morgan fingerprint density at radius 1 is 1.00 bits per heavy atom. The molecule has 3 aromatic carbocycles. The fourth-order valence-corrected chi connectivity index (χ4v) is 4.22. The van der Waals surface area contributed by atoms with Gasteiger partial charge in [-0.1, -0.05) is 30.3 Å². The van der Waals surface area contributed by atoms with Gasteiger partial charge in [-0.25, -0.2) is 17.2 Å². The van der Waals surface area contributed by atoms with E-state index in [-0.39, 0.29) is 5.69 Å². The summed E-state index contributed by atoms with van der Waals surface area (Å²) in [6, 6.07) is 17.6. The molecular weight excluding hydrogens is 438 g/mol. The quantitative estimate of drug-likeness (QED) is 0.543. The normalized spacial score (nSPS) is 12.1. The van der Waals surface area contributed by atoms with Crippen LogP contribution in [-0.4, -0.2) is 26.6 Å². The first-order chi connectivity index (χ1) is 15.1. The van der Waals surface area contributed by atoms with Gasteiger partial charge >= 0.3 is 0 Å². The lowest BCUT2D eigenvalue weighted by atomic mass is 10.2. The summed E-state index contributed by atoms with van der Waals surface area (Å²) in [5.74, 6) is -2.37. The number of ether oxygens (including phenoxy) is 1. The summed E-state index contributed by atoms with van der Waals surface area (Å²) in [6.07, 6.45) is 0.886. The molecule has 1 atom stereocenters. The maximum absolute atomic E-state index is 13.6. The molecule has 0 aliphatic rings. The van der Waals surface area contributed by atoms with Crippen molar-refractivity contribution in [2.24, 2.45) is 0 Å². The maximum Gasteiger partial charge on any atom is 0.247 e. The van der Waals surface area contributed by atoms with Crippen molar-refractivity contribution in [3.63, 3.8) is 0 Å². The van der Waals surface area contributed by atoms with E-state index in [1.807, 2.05) is 30.3 Å². The van der Waals surface area contributed by atoms with Crippen molar-refractivity contribution in [1.29, 1.82) is 0 Å². The summed E-state index contributed by atoms with van der Waals surface area (Å²) >= 11 is 0. The molecule has 0 aromatic heterocycles. The van der Waals surface area contributed by atoms with Gasteiger partial charge in [-0.15, -0.1) is 0 Å². The number of amides is 1. The van der Waals surface area contributed by atoms with E-state index in [9.17, 15) is 22.0 Å². The van der Waals surface area contributed by atoms with Gasteiger partial charge in [-0.2, -0.15) is 0 Å². The van der Waals surface area contributed by atoms with Gasteiger partial charge in [0.05, 0.1) is 11.9 Å². The van der Waals surface area contributed by atoms with Crippen LogP contribution in [0.5, 0.6) is 5.75 Å². The molecule has 0 aliphatic heterocycles. The zero-order chi connectivity index (χ0) is 23.3. The standard InChI is InChI=1S/C23H22F2N2O4S/c1-16(27(32(2,29)30)19-10-13-21(24)22(25)14-19)23(28)26-18-8-11-20(12-9-18)31-15-17-6-4-3-5-7-17/h3-14,16H,15H2,1-2H3,(H,26,28). The van der Waals surface area contributed by atoms with Crippen LogP contribution in [-0.2, 0) is 21.4 Å². The molecule has 1 unspecified atom stereocenters. The Kier molecular flexibility index (Phi) is 7.09. The van der Waals surface area contributed by atoms with Crippen molar-refractivity contribution in [2.75, 3.05) is 15.9 Å². The molecule has 6 nitrogen and oxygen atoms in total. The smallest absolute Gasteiger partial charge is 0.247 e. The van der Waals surface area contributed by atoms with Crippen LogP contribution in [0.2, 0.25) is 0 Å². The molecule has 0 radical (unpaired) electrons. The van der Waals surface area contributed by atoms with Crippen LogP contribution < -0.4 is 14.4 Å². The Labute approximate surface area is 185 Å². The molecule has 0 bridgehead atoms. The van der Waals surface area contributed by atoms with E-state index >= 15 is 0 Å². The third-order valence-electron chi connectivity index (χ3n) is 4.62. The summed E-state index contributed by atoms with van der Waals surface area (Å²) in [5.41, 5.74) is 1.28. The Morgan fingerprint density at radius 3 is 2.25 bits per heavy atom. The van der Waals surface area contributed by atoms with Crippen molar-refractivity contribution < 1.29 is 26.7 Å². The predicted octanol–water partition coefficient (Wildman–Crippen LogP) is 4.34. The van der Waals surface area contributed by atoms with Gasteiger partial charge in [0, 0.05) is 11.8 Å². The molecule has 3 aromatic rings. The van der Waals surface area contributed by atoms with Gasteiger partial charge in [0.1, 0.15) is 18.4 Å². The van der Waals surface area contributed by atoms with Crippen molar-refractivity contribution >= 4 is 27.3 Å². The number of sulfonamides is 1. The summed E-state index contributed by atoms with van der Waals surface area (Å²) in [4.78, 5) is 12.7. The number of halogens is 2. The Balaban J connectivity index is 1.69. The van der Waals surface area contributed by atoms with Gasteiger partial charge in [-0.3, -0.25) is 9.10 Å². The zero-order valence-electron chi connectivity index (χ0n) is 17.5. The van der Waals surface area contributed by atoms with E-state index in [2.05, 4.69) is 5.32 Å². The molecule has 0 aliphatic carbocycles. The number of benzene rings is 3. The average Bonchev–Trinajstić information content (AvgIpc) is 2.75. The zero-order valence-corrected chi connectivity index (χ0v) is 18.3. The third-order valence-corrected chi connectivity index (χ3v) is 5.86. The number of hydrogen-bond donors (Lipinski definition) is 1. The van der Waals surface area contributed by atoms with E-state index in [1.165, 1.54) is 6.92 Å². The van der Waals surface area contributed by atoms with Crippen LogP contribution in [0, 0.1) is 11.6 Å². The molecule has 32 heavy (non-hydrogen) atoms. The molecule has 0 saturated heterocycles. The van der Waals surface area contributed by atoms with Crippen LogP contribution in [0.3, 0.4) is 0 Å². The molecular formula is C23H22F2N2O4S. The molecule has 0 fully saturated rings. The average molecular weight is 461 g/mol. The number of nitrogens with one attached hydrogen (secondary N) is 1. The minimum atomic E-state index is -3.96.